The van der Waals surface area contributed by atoms with E-state index in [9.17, 15) is 5.11 Å². The molecular weight excluding hydrogens is 266 g/mol. The Morgan fingerprint density at radius 2 is 2.00 bits per heavy atom. The van der Waals surface area contributed by atoms with Crippen molar-refractivity contribution >= 4 is 5.82 Å². The molecule has 0 saturated carbocycles. The van der Waals surface area contributed by atoms with Crippen molar-refractivity contribution in [1.29, 1.82) is 0 Å². The van der Waals surface area contributed by atoms with Crippen LogP contribution in [0.3, 0.4) is 0 Å². The van der Waals surface area contributed by atoms with Gasteiger partial charge in [0.2, 0.25) is 0 Å². The Balaban J connectivity index is 2.11. The number of rotatable bonds is 6. The molecule has 0 spiro atoms. The third-order valence-electron chi connectivity index (χ3n) is 3.94. The molecule has 5 heteroatoms. The zero-order chi connectivity index (χ0) is 15.1. The second kappa shape index (κ2) is 8.32. The van der Waals surface area contributed by atoms with E-state index in [4.69, 9.17) is 10.1 Å². The number of hydrogen-bond acceptors (Lipinski definition) is 5. The van der Waals surface area contributed by atoms with Crippen molar-refractivity contribution in [3.8, 4) is 0 Å². The third-order valence-corrected chi connectivity index (χ3v) is 3.94. The Bertz CT molecular complexity index is 440. The molecule has 0 unspecified atom stereocenters. The first kappa shape index (κ1) is 16.2. The van der Waals surface area contributed by atoms with E-state index in [0.717, 1.165) is 69.1 Å². The van der Waals surface area contributed by atoms with Crippen LogP contribution in [0.1, 0.15) is 31.0 Å². The average molecular weight is 293 g/mol. The molecule has 5 nitrogen and oxygen atoms in total. The first-order chi connectivity index (χ1) is 10.3. The molecule has 0 aliphatic carbocycles. The van der Waals surface area contributed by atoms with Crippen molar-refractivity contribution in [3.05, 3.63) is 23.4 Å². The van der Waals surface area contributed by atoms with Crippen LogP contribution in [0.5, 0.6) is 0 Å². The van der Waals surface area contributed by atoms with Crippen molar-refractivity contribution in [3.63, 3.8) is 0 Å². The lowest BCUT2D eigenvalue weighted by atomic mass is 10.1. The lowest BCUT2D eigenvalue weighted by Crippen LogP contribution is -2.32. The summed E-state index contributed by atoms with van der Waals surface area (Å²) in [6, 6.07) is 4.00. The van der Waals surface area contributed by atoms with E-state index in [1.165, 1.54) is 0 Å². The normalized spacial score (nSPS) is 17.0. The van der Waals surface area contributed by atoms with E-state index in [0.29, 0.717) is 0 Å². The number of β-amino-alcohol motifs (C(OH)–C–C–N with tert-alkyl or cyclic N) is 1. The van der Waals surface area contributed by atoms with Gasteiger partial charge in [0, 0.05) is 31.9 Å². The van der Waals surface area contributed by atoms with Crippen LogP contribution in [0, 0.1) is 0 Å². The Labute approximate surface area is 127 Å². The second-order valence-corrected chi connectivity index (χ2v) is 5.64. The first-order valence-corrected chi connectivity index (χ1v) is 7.95. The minimum absolute atomic E-state index is 0.0662. The molecule has 1 fully saturated rings. The predicted octanol–water partition coefficient (Wildman–Crippen LogP) is 1.03. The number of aliphatic hydroxyl groups is 2. The predicted molar refractivity (Wildman–Crippen MR) is 84.5 cm³/mol. The molecule has 1 saturated heterocycles. The first-order valence-electron chi connectivity index (χ1n) is 7.95. The standard InChI is InChI=1S/C16H27N3O2/c1-2-4-15-11-14(13-21)12-16(17-15)19-6-3-5-18(7-8-19)9-10-20/h11-12,20-21H,2-10,13H2,1H3. The zero-order valence-corrected chi connectivity index (χ0v) is 13.0. The van der Waals surface area contributed by atoms with Crippen LogP contribution in [0.4, 0.5) is 5.82 Å². The van der Waals surface area contributed by atoms with Crippen molar-refractivity contribution in [1.82, 2.24) is 9.88 Å². The molecule has 2 rings (SSSR count). The molecule has 0 aromatic carbocycles. The van der Waals surface area contributed by atoms with E-state index in [2.05, 4.69) is 16.7 Å². The van der Waals surface area contributed by atoms with Gasteiger partial charge in [-0.15, -0.1) is 0 Å². The van der Waals surface area contributed by atoms with Gasteiger partial charge < -0.3 is 15.1 Å². The molecule has 0 bridgehead atoms. The zero-order valence-electron chi connectivity index (χ0n) is 13.0. The summed E-state index contributed by atoms with van der Waals surface area (Å²) in [7, 11) is 0. The molecule has 1 aliphatic heterocycles. The second-order valence-electron chi connectivity index (χ2n) is 5.64. The molecule has 21 heavy (non-hydrogen) atoms. The summed E-state index contributed by atoms with van der Waals surface area (Å²) in [6.45, 7) is 7.07. The van der Waals surface area contributed by atoms with Gasteiger partial charge in [0.15, 0.2) is 0 Å². The Morgan fingerprint density at radius 3 is 2.71 bits per heavy atom. The van der Waals surface area contributed by atoms with Crippen molar-refractivity contribution < 1.29 is 10.2 Å². The fourth-order valence-corrected chi connectivity index (χ4v) is 2.84. The highest BCUT2D eigenvalue weighted by Gasteiger charge is 2.16. The van der Waals surface area contributed by atoms with Gasteiger partial charge in [0.1, 0.15) is 5.82 Å². The van der Waals surface area contributed by atoms with Gasteiger partial charge in [0.25, 0.3) is 0 Å². The van der Waals surface area contributed by atoms with Crippen molar-refractivity contribution in [2.24, 2.45) is 0 Å². The molecule has 118 valence electrons. The van der Waals surface area contributed by atoms with Gasteiger partial charge >= 0.3 is 0 Å². The van der Waals surface area contributed by atoms with Crippen LogP contribution in [-0.2, 0) is 13.0 Å². The quantitative estimate of drug-likeness (QED) is 0.820. The van der Waals surface area contributed by atoms with Gasteiger partial charge in [-0.3, -0.25) is 4.90 Å². The summed E-state index contributed by atoms with van der Waals surface area (Å²) in [6.07, 6.45) is 3.09. The largest absolute Gasteiger partial charge is 0.395 e. The molecule has 2 heterocycles. The molecule has 2 N–H and O–H groups in total. The fraction of sp³-hybridized carbons (Fsp3) is 0.688. The van der Waals surface area contributed by atoms with Crippen LogP contribution >= 0.6 is 0 Å². The highest BCUT2D eigenvalue weighted by molar-refractivity contribution is 5.43. The van der Waals surface area contributed by atoms with Crippen LogP contribution in [0.2, 0.25) is 0 Å². The van der Waals surface area contributed by atoms with Gasteiger partial charge in [-0.1, -0.05) is 13.3 Å². The van der Waals surface area contributed by atoms with Crippen LogP contribution in [-0.4, -0.2) is 59.4 Å². The van der Waals surface area contributed by atoms with E-state index < -0.39 is 0 Å². The monoisotopic (exact) mass is 293 g/mol. The minimum Gasteiger partial charge on any atom is -0.395 e. The number of aryl methyl sites for hydroxylation is 1. The highest BCUT2D eigenvalue weighted by Crippen LogP contribution is 2.18. The van der Waals surface area contributed by atoms with Gasteiger partial charge in [0.05, 0.1) is 13.2 Å². The summed E-state index contributed by atoms with van der Waals surface area (Å²) in [5.41, 5.74) is 2.01. The molecule has 1 aliphatic rings. The third kappa shape index (κ3) is 4.66. The Kier molecular flexibility index (Phi) is 6.42. The number of aliphatic hydroxyl groups excluding tert-OH is 2. The SMILES string of the molecule is CCCc1cc(CO)cc(N2CCCN(CCO)CC2)n1. The molecule has 0 amide bonds. The Morgan fingerprint density at radius 1 is 1.14 bits per heavy atom. The van der Waals surface area contributed by atoms with Gasteiger partial charge in [-0.2, -0.15) is 0 Å². The topological polar surface area (TPSA) is 59.8 Å². The summed E-state index contributed by atoms with van der Waals surface area (Å²) in [5, 5.41) is 18.5. The van der Waals surface area contributed by atoms with Crippen LogP contribution < -0.4 is 4.90 Å². The smallest absolute Gasteiger partial charge is 0.129 e. The van der Waals surface area contributed by atoms with E-state index in [-0.39, 0.29) is 13.2 Å². The highest BCUT2D eigenvalue weighted by atomic mass is 16.3. The van der Waals surface area contributed by atoms with E-state index >= 15 is 0 Å². The summed E-state index contributed by atoms with van der Waals surface area (Å²) >= 11 is 0. The maximum absolute atomic E-state index is 9.44. The van der Waals surface area contributed by atoms with E-state index in [1.54, 1.807) is 0 Å². The summed E-state index contributed by atoms with van der Waals surface area (Å²) < 4.78 is 0. The van der Waals surface area contributed by atoms with Gasteiger partial charge in [-0.05, 0) is 37.1 Å². The van der Waals surface area contributed by atoms with Crippen molar-refractivity contribution in [2.45, 2.75) is 32.8 Å². The number of aromatic nitrogens is 1. The number of pyridine rings is 1. The molecule has 1 aromatic heterocycles. The van der Waals surface area contributed by atoms with Crippen LogP contribution in [0.15, 0.2) is 12.1 Å². The number of hydrogen-bond donors (Lipinski definition) is 2. The average Bonchev–Trinajstić information content (AvgIpc) is 2.73. The molecular formula is C16H27N3O2. The number of anilines is 1. The van der Waals surface area contributed by atoms with Gasteiger partial charge in [-0.25, -0.2) is 4.98 Å². The maximum atomic E-state index is 9.44. The Hall–Kier alpha value is -1.17. The maximum Gasteiger partial charge on any atom is 0.129 e. The molecule has 0 atom stereocenters. The molecule has 0 radical (unpaired) electrons. The van der Waals surface area contributed by atoms with Crippen LogP contribution in [0.25, 0.3) is 0 Å². The lowest BCUT2D eigenvalue weighted by molar-refractivity contribution is 0.204. The summed E-state index contributed by atoms with van der Waals surface area (Å²) in [4.78, 5) is 9.35. The van der Waals surface area contributed by atoms with E-state index in [1.807, 2.05) is 12.1 Å². The minimum atomic E-state index is 0.0662. The molecule has 1 aromatic rings. The van der Waals surface area contributed by atoms with Crippen molar-refractivity contribution in [2.75, 3.05) is 44.2 Å². The number of nitrogens with zero attached hydrogens (tertiary/aromatic N) is 3. The lowest BCUT2D eigenvalue weighted by Gasteiger charge is -2.23. The fourth-order valence-electron chi connectivity index (χ4n) is 2.84. The summed E-state index contributed by atoms with van der Waals surface area (Å²) in [5.74, 6) is 0.982.